The van der Waals surface area contributed by atoms with Crippen molar-refractivity contribution in [2.75, 3.05) is 0 Å². The molecule has 0 aliphatic heterocycles. The fraction of sp³-hybridized carbons (Fsp3) is 0.357. The average molecular weight is 234 g/mol. The third kappa shape index (κ3) is 1.97. The van der Waals surface area contributed by atoms with E-state index < -0.39 is 11.4 Å². The quantitative estimate of drug-likeness (QED) is 0.870. The summed E-state index contributed by atoms with van der Waals surface area (Å²) in [6.45, 7) is 3.88. The van der Waals surface area contributed by atoms with E-state index in [1.807, 2.05) is 13.8 Å². The molecule has 3 heteroatoms. The lowest BCUT2D eigenvalue weighted by molar-refractivity contribution is -0.142. The van der Waals surface area contributed by atoms with Gasteiger partial charge in [-0.05, 0) is 29.5 Å². The van der Waals surface area contributed by atoms with E-state index in [1.165, 1.54) is 12.1 Å². The Bertz CT molecular complexity index is 474. The molecular weight excluding hydrogens is 219 g/mol. The standard InChI is InChI=1S/C14H15FO2/c1-13(2)9-14(13,12(16)17)8-7-10-3-5-11(15)6-4-10/h3-8H,9H2,1-2H3,(H,16,17)/b8-7+. The van der Waals surface area contributed by atoms with Gasteiger partial charge < -0.3 is 5.11 Å². The maximum absolute atomic E-state index is 12.7. The minimum atomic E-state index is -0.791. The molecule has 0 heterocycles. The monoisotopic (exact) mass is 234 g/mol. The van der Waals surface area contributed by atoms with Crippen LogP contribution in [0.5, 0.6) is 0 Å². The van der Waals surface area contributed by atoms with Gasteiger partial charge in [0.2, 0.25) is 0 Å². The van der Waals surface area contributed by atoms with Crippen molar-refractivity contribution in [3.05, 3.63) is 41.7 Å². The van der Waals surface area contributed by atoms with Gasteiger partial charge in [0.15, 0.2) is 0 Å². The molecule has 1 atom stereocenters. The van der Waals surface area contributed by atoms with Crippen LogP contribution < -0.4 is 0 Å². The number of carbonyl (C=O) groups is 1. The van der Waals surface area contributed by atoms with Gasteiger partial charge >= 0.3 is 5.97 Å². The highest BCUT2D eigenvalue weighted by Crippen LogP contribution is 2.64. The van der Waals surface area contributed by atoms with E-state index in [-0.39, 0.29) is 11.2 Å². The number of hydrogen-bond donors (Lipinski definition) is 1. The Hall–Kier alpha value is -1.64. The topological polar surface area (TPSA) is 37.3 Å². The molecule has 1 saturated carbocycles. The van der Waals surface area contributed by atoms with E-state index in [9.17, 15) is 14.3 Å². The highest BCUT2D eigenvalue weighted by atomic mass is 19.1. The van der Waals surface area contributed by atoms with Crippen LogP contribution in [0.3, 0.4) is 0 Å². The van der Waals surface area contributed by atoms with E-state index >= 15 is 0 Å². The molecule has 1 N–H and O–H groups in total. The summed E-state index contributed by atoms with van der Waals surface area (Å²) in [5, 5.41) is 9.25. The van der Waals surface area contributed by atoms with Crippen molar-refractivity contribution < 1.29 is 14.3 Å². The van der Waals surface area contributed by atoms with Crippen LogP contribution in [-0.2, 0) is 4.79 Å². The van der Waals surface area contributed by atoms with E-state index in [4.69, 9.17) is 0 Å². The Balaban J connectivity index is 2.21. The van der Waals surface area contributed by atoms with Crippen LogP contribution in [0.1, 0.15) is 25.8 Å². The zero-order chi connectivity index (χ0) is 12.7. The molecule has 0 saturated heterocycles. The summed E-state index contributed by atoms with van der Waals surface area (Å²) in [5.74, 6) is -1.08. The van der Waals surface area contributed by atoms with Crippen molar-refractivity contribution in [2.24, 2.45) is 10.8 Å². The van der Waals surface area contributed by atoms with Crippen molar-refractivity contribution in [3.63, 3.8) is 0 Å². The maximum atomic E-state index is 12.7. The molecule has 0 spiro atoms. The summed E-state index contributed by atoms with van der Waals surface area (Å²) in [7, 11) is 0. The highest BCUT2D eigenvalue weighted by Gasteiger charge is 2.65. The average Bonchev–Trinajstić information content (AvgIpc) is 2.82. The Morgan fingerprint density at radius 3 is 2.29 bits per heavy atom. The van der Waals surface area contributed by atoms with Gasteiger partial charge in [-0.25, -0.2) is 4.39 Å². The Morgan fingerprint density at radius 1 is 1.35 bits per heavy atom. The second-order valence-corrected chi connectivity index (χ2v) is 5.22. The van der Waals surface area contributed by atoms with Gasteiger partial charge in [-0.15, -0.1) is 0 Å². The zero-order valence-corrected chi connectivity index (χ0v) is 9.90. The van der Waals surface area contributed by atoms with E-state index in [0.29, 0.717) is 6.42 Å². The highest BCUT2D eigenvalue weighted by molar-refractivity contribution is 5.83. The van der Waals surface area contributed by atoms with E-state index in [0.717, 1.165) is 5.56 Å². The molecule has 1 aliphatic carbocycles. The lowest BCUT2D eigenvalue weighted by Gasteiger charge is -2.10. The number of halogens is 1. The predicted octanol–water partition coefficient (Wildman–Crippen LogP) is 3.34. The van der Waals surface area contributed by atoms with Crippen molar-refractivity contribution in [1.82, 2.24) is 0 Å². The van der Waals surface area contributed by atoms with Gasteiger partial charge in [0.05, 0.1) is 5.41 Å². The Labute approximate surface area is 99.8 Å². The van der Waals surface area contributed by atoms with Crippen LogP contribution in [0, 0.1) is 16.6 Å². The van der Waals surface area contributed by atoms with Crippen molar-refractivity contribution in [1.29, 1.82) is 0 Å². The lowest BCUT2D eigenvalue weighted by atomic mass is 9.95. The number of rotatable bonds is 3. The number of aliphatic carboxylic acids is 1. The summed E-state index contributed by atoms with van der Waals surface area (Å²) in [6, 6.07) is 6.00. The largest absolute Gasteiger partial charge is 0.481 e. The van der Waals surface area contributed by atoms with Crippen LogP contribution in [0.15, 0.2) is 30.3 Å². The van der Waals surface area contributed by atoms with Crippen LogP contribution in [0.4, 0.5) is 4.39 Å². The molecular formula is C14H15FO2. The minimum Gasteiger partial charge on any atom is -0.481 e. The molecule has 17 heavy (non-hydrogen) atoms. The molecule has 0 bridgehead atoms. The first-order chi connectivity index (χ1) is 7.87. The molecule has 2 rings (SSSR count). The fourth-order valence-corrected chi connectivity index (χ4v) is 2.19. The number of carboxylic acid groups (broad SMARTS) is 1. The second kappa shape index (κ2) is 3.69. The van der Waals surface area contributed by atoms with Crippen molar-refractivity contribution in [3.8, 4) is 0 Å². The maximum Gasteiger partial charge on any atom is 0.314 e. The third-order valence-corrected chi connectivity index (χ3v) is 3.62. The summed E-state index contributed by atoms with van der Waals surface area (Å²) in [6.07, 6.45) is 4.12. The smallest absolute Gasteiger partial charge is 0.314 e. The predicted molar refractivity (Wildman–Crippen MR) is 63.9 cm³/mol. The third-order valence-electron chi connectivity index (χ3n) is 3.62. The van der Waals surface area contributed by atoms with Crippen LogP contribution in [0.25, 0.3) is 6.08 Å². The second-order valence-electron chi connectivity index (χ2n) is 5.22. The van der Waals surface area contributed by atoms with Crippen LogP contribution >= 0.6 is 0 Å². The van der Waals surface area contributed by atoms with Gasteiger partial charge in [0.1, 0.15) is 5.82 Å². The van der Waals surface area contributed by atoms with Crippen LogP contribution in [-0.4, -0.2) is 11.1 Å². The molecule has 1 aliphatic rings. The van der Waals surface area contributed by atoms with Gasteiger partial charge in [-0.1, -0.05) is 38.1 Å². The normalized spacial score (nSPS) is 26.1. The first-order valence-corrected chi connectivity index (χ1v) is 5.56. The molecule has 1 fully saturated rings. The lowest BCUT2D eigenvalue weighted by Crippen LogP contribution is -2.17. The van der Waals surface area contributed by atoms with Gasteiger partial charge in [-0.3, -0.25) is 4.79 Å². The minimum absolute atomic E-state index is 0.199. The van der Waals surface area contributed by atoms with Gasteiger partial charge in [-0.2, -0.15) is 0 Å². The Kier molecular flexibility index (Phi) is 2.57. The number of hydrogen-bond acceptors (Lipinski definition) is 1. The molecule has 1 unspecified atom stereocenters. The number of carboxylic acids is 1. The Morgan fingerprint density at radius 2 is 1.88 bits per heavy atom. The first-order valence-electron chi connectivity index (χ1n) is 5.56. The molecule has 90 valence electrons. The first kappa shape index (κ1) is 11.8. The number of benzene rings is 1. The fourth-order valence-electron chi connectivity index (χ4n) is 2.19. The molecule has 0 amide bonds. The summed E-state index contributed by atoms with van der Waals surface area (Å²) < 4.78 is 12.7. The SMILES string of the molecule is CC1(C)CC1(/C=C/c1ccc(F)cc1)C(=O)O. The van der Waals surface area contributed by atoms with E-state index in [2.05, 4.69) is 0 Å². The van der Waals surface area contributed by atoms with Gasteiger partial charge in [0, 0.05) is 0 Å². The molecule has 2 nitrogen and oxygen atoms in total. The summed E-state index contributed by atoms with van der Waals surface area (Å²) >= 11 is 0. The summed E-state index contributed by atoms with van der Waals surface area (Å²) in [5.41, 5.74) is -0.147. The zero-order valence-electron chi connectivity index (χ0n) is 9.90. The molecule has 1 aromatic carbocycles. The van der Waals surface area contributed by atoms with E-state index in [1.54, 1.807) is 24.3 Å². The van der Waals surface area contributed by atoms with Gasteiger partial charge in [0.25, 0.3) is 0 Å². The van der Waals surface area contributed by atoms with Crippen molar-refractivity contribution >= 4 is 12.0 Å². The molecule has 0 aromatic heterocycles. The molecule has 1 aromatic rings. The summed E-state index contributed by atoms with van der Waals surface area (Å²) in [4.78, 5) is 11.3. The van der Waals surface area contributed by atoms with Crippen molar-refractivity contribution in [2.45, 2.75) is 20.3 Å². The molecule has 0 radical (unpaired) electrons. The van der Waals surface area contributed by atoms with Crippen LogP contribution in [0.2, 0.25) is 0 Å².